The van der Waals surface area contributed by atoms with Gasteiger partial charge in [0, 0.05) is 13.1 Å². The molecule has 0 saturated heterocycles. The van der Waals surface area contributed by atoms with E-state index in [4.69, 9.17) is 4.42 Å². The highest BCUT2D eigenvalue weighted by Gasteiger charge is 2.32. The first-order valence-corrected chi connectivity index (χ1v) is 9.77. The van der Waals surface area contributed by atoms with Gasteiger partial charge in [0.15, 0.2) is 15.4 Å². The van der Waals surface area contributed by atoms with Crippen LogP contribution in [-0.2, 0) is 22.6 Å². The number of halogens is 4. The average Bonchev–Trinajstić information content (AvgIpc) is 2.83. The van der Waals surface area contributed by atoms with E-state index in [0.717, 1.165) is 6.07 Å². The number of aryl methyl sites for hydroxylation is 1. The fraction of sp³-hybridized carbons (Fsp3) is 0.188. The third-order valence-electron chi connectivity index (χ3n) is 3.70. The van der Waals surface area contributed by atoms with E-state index >= 15 is 0 Å². The lowest BCUT2D eigenvalue weighted by molar-refractivity contribution is -0.274. The molecule has 11 heteroatoms. The molecule has 6 nitrogen and oxygen atoms in total. The fourth-order valence-corrected chi connectivity index (χ4v) is 4.31. The molecule has 0 spiro atoms. The maximum absolute atomic E-state index is 12.6. The number of hydrogen-bond donors (Lipinski definition) is 0. The van der Waals surface area contributed by atoms with Gasteiger partial charge < -0.3 is 9.15 Å². The second kappa shape index (κ2) is 6.71. The highest BCUT2D eigenvalue weighted by atomic mass is 79.9. The Morgan fingerprint density at radius 2 is 1.89 bits per heavy atom. The summed E-state index contributed by atoms with van der Waals surface area (Å²) in [6, 6.07) is 7.51. The molecule has 27 heavy (non-hydrogen) atoms. The Morgan fingerprint density at radius 3 is 2.52 bits per heavy atom. The Hall–Kier alpha value is -2.27. The topological polar surface area (TPSA) is 78.5 Å². The molecule has 0 fully saturated rings. The van der Waals surface area contributed by atoms with E-state index < -0.39 is 33.5 Å². The minimum atomic E-state index is -4.86. The Kier molecular flexibility index (Phi) is 4.85. The van der Waals surface area contributed by atoms with Crippen LogP contribution in [0.15, 0.2) is 55.0 Å². The number of benzene rings is 2. The molecular formula is C16H11BrF3NO5S. The average molecular weight is 466 g/mol. The van der Waals surface area contributed by atoms with Crippen molar-refractivity contribution in [2.75, 3.05) is 0 Å². The maximum Gasteiger partial charge on any atom is 0.573 e. The molecule has 0 N–H and O–H groups in total. The normalized spacial score (nSPS) is 12.5. The number of ether oxygens (including phenoxy) is 1. The van der Waals surface area contributed by atoms with Gasteiger partial charge in [0.25, 0.3) is 0 Å². The van der Waals surface area contributed by atoms with Crippen molar-refractivity contribution in [2.45, 2.75) is 17.0 Å². The number of sulfone groups is 1. The lowest BCUT2D eigenvalue weighted by Gasteiger charge is -2.12. The van der Waals surface area contributed by atoms with Gasteiger partial charge in [-0.1, -0.05) is 6.07 Å². The Labute approximate surface area is 159 Å². The first kappa shape index (κ1) is 19.5. The largest absolute Gasteiger partial charge is 0.573 e. The van der Waals surface area contributed by atoms with E-state index in [-0.39, 0.29) is 20.5 Å². The third-order valence-corrected chi connectivity index (χ3v) is 6.01. The molecule has 3 rings (SSSR count). The standard InChI is InChI=1S/C16H11BrF3NO5S/c1-21-12-4-3-10(7-14(12)25-15(21)22)27(23,24)8-9-2-5-13(11(17)6-9)26-16(18,19)20/h2-7H,8H2,1H3. The first-order valence-electron chi connectivity index (χ1n) is 7.33. The van der Waals surface area contributed by atoms with Crippen molar-refractivity contribution in [2.24, 2.45) is 7.05 Å². The van der Waals surface area contributed by atoms with E-state index in [2.05, 4.69) is 20.7 Å². The minimum Gasteiger partial charge on any atom is -0.408 e. The van der Waals surface area contributed by atoms with Crippen LogP contribution >= 0.6 is 15.9 Å². The van der Waals surface area contributed by atoms with Gasteiger partial charge in [0.05, 0.1) is 20.6 Å². The van der Waals surface area contributed by atoms with Gasteiger partial charge in [-0.2, -0.15) is 0 Å². The summed E-state index contributed by atoms with van der Waals surface area (Å²) in [5.74, 6) is -1.56. The van der Waals surface area contributed by atoms with Gasteiger partial charge in [-0.15, -0.1) is 13.2 Å². The van der Waals surface area contributed by atoms with Gasteiger partial charge >= 0.3 is 12.1 Å². The Balaban J connectivity index is 1.90. The lowest BCUT2D eigenvalue weighted by atomic mass is 10.2. The van der Waals surface area contributed by atoms with Crippen molar-refractivity contribution in [1.29, 1.82) is 0 Å². The summed E-state index contributed by atoms with van der Waals surface area (Å²) in [5, 5.41) is 0. The maximum atomic E-state index is 12.6. The summed E-state index contributed by atoms with van der Waals surface area (Å²) >= 11 is 2.93. The summed E-state index contributed by atoms with van der Waals surface area (Å²) in [4.78, 5) is 11.4. The quantitative estimate of drug-likeness (QED) is 0.585. The van der Waals surface area contributed by atoms with Gasteiger partial charge in [-0.05, 0) is 45.8 Å². The zero-order valence-electron chi connectivity index (χ0n) is 13.6. The van der Waals surface area contributed by atoms with Crippen molar-refractivity contribution in [3.05, 3.63) is 57.0 Å². The smallest absolute Gasteiger partial charge is 0.408 e. The molecule has 0 aliphatic heterocycles. The molecule has 0 bridgehead atoms. The molecule has 0 aliphatic rings. The molecule has 144 valence electrons. The van der Waals surface area contributed by atoms with Crippen molar-refractivity contribution in [1.82, 2.24) is 4.57 Å². The van der Waals surface area contributed by atoms with Gasteiger partial charge in [-0.3, -0.25) is 4.57 Å². The number of oxazole rings is 1. The molecule has 0 atom stereocenters. The zero-order chi connectivity index (χ0) is 20.0. The number of nitrogens with zero attached hydrogens (tertiary/aromatic N) is 1. The van der Waals surface area contributed by atoms with Crippen LogP contribution in [-0.4, -0.2) is 19.3 Å². The molecule has 1 heterocycles. The van der Waals surface area contributed by atoms with Crippen LogP contribution in [0.25, 0.3) is 11.1 Å². The molecular weight excluding hydrogens is 455 g/mol. The summed E-state index contributed by atoms with van der Waals surface area (Å²) in [6.45, 7) is 0. The molecule has 0 radical (unpaired) electrons. The molecule has 0 saturated carbocycles. The molecule has 0 unspecified atom stereocenters. The van der Waals surface area contributed by atoms with Crippen LogP contribution in [0.4, 0.5) is 13.2 Å². The Bertz CT molecular complexity index is 1180. The van der Waals surface area contributed by atoms with Crippen LogP contribution in [0.2, 0.25) is 0 Å². The number of fused-ring (bicyclic) bond motifs is 1. The number of hydrogen-bond acceptors (Lipinski definition) is 5. The van der Waals surface area contributed by atoms with Crippen molar-refractivity contribution < 1.29 is 30.7 Å². The third kappa shape index (κ3) is 4.19. The second-order valence-electron chi connectivity index (χ2n) is 5.63. The first-order chi connectivity index (χ1) is 12.5. The molecule has 1 aromatic heterocycles. The van der Waals surface area contributed by atoms with Crippen molar-refractivity contribution >= 4 is 36.9 Å². The van der Waals surface area contributed by atoms with E-state index in [1.165, 1.54) is 41.9 Å². The predicted molar refractivity (Wildman–Crippen MR) is 93.2 cm³/mol. The van der Waals surface area contributed by atoms with Crippen LogP contribution in [0.5, 0.6) is 5.75 Å². The van der Waals surface area contributed by atoms with Crippen LogP contribution in [0.1, 0.15) is 5.56 Å². The number of rotatable bonds is 4. The number of alkyl halides is 3. The Morgan fingerprint density at radius 1 is 1.19 bits per heavy atom. The highest BCUT2D eigenvalue weighted by molar-refractivity contribution is 9.10. The van der Waals surface area contributed by atoms with Crippen LogP contribution < -0.4 is 10.5 Å². The van der Waals surface area contributed by atoms with Crippen LogP contribution in [0, 0.1) is 0 Å². The summed E-state index contributed by atoms with van der Waals surface area (Å²) in [7, 11) is -2.34. The van der Waals surface area contributed by atoms with Crippen molar-refractivity contribution in [3.63, 3.8) is 0 Å². The molecule has 3 aromatic rings. The van der Waals surface area contributed by atoms with Crippen molar-refractivity contribution in [3.8, 4) is 5.75 Å². The van der Waals surface area contributed by atoms with Gasteiger partial charge in [-0.25, -0.2) is 13.2 Å². The van der Waals surface area contributed by atoms with Gasteiger partial charge in [0.2, 0.25) is 0 Å². The van der Waals surface area contributed by atoms with E-state index in [1.54, 1.807) is 0 Å². The van der Waals surface area contributed by atoms with E-state index in [9.17, 15) is 26.4 Å². The van der Waals surface area contributed by atoms with Crippen LogP contribution in [0.3, 0.4) is 0 Å². The summed E-state index contributed by atoms with van der Waals surface area (Å²) in [5.41, 5.74) is 0.819. The van der Waals surface area contributed by atoms with E-state index in [1.807, 2.05) is 0 Å². The summed E-state index contributed by atoms with van der Waals surface area (Å²) in [6.07, 6.45) is -4.86. The lowest BCUT2D eigenvalue weighted by Crippen LogP contribution is -2.17. The van der Waals surface area contributed by atoms with E-state index in [0.29, 0.717) is 5.52 Å². The fourth-order valence-electron chi connectivity index (χ4n) is 2.45. The summed E-state index contributed by atoms with van der Waals surface area (Å²) < 4.78 is 72.1. The SMILES string of the molecule is Cn1c(=O)oc2cc(S(=O)(=O)Cc3ccc(OC(F)(F)F)c(Br)c3)ccc21. The monoisotopic (exact) mass is 465 g/mol. The van der Waals surface area contributed by atoms with Gasteiger partial charge in [0.1, 0.15) is 5.75 Å². The minimum absolute atomic E-state index is 0.0305. The second-order valence-corrected chi connectivity index (χ2v) is 8.47. The molecule has 0 aliphatic carbocycles. The highest BCUT2D eigenvalue weighted by Crippen LogP contribution is 2.32. The molecule has 0 amide bonds. The zero-order valence-corrected chi connectivity index (χ0v) is 16.0. The number of aromatic nitrogens is 1. The predicted octanol–water partition coefficient (Wildman–Crippen LogP) is 3.77. The molecule has 2 aromatic carbocycles.